The molecule has 1 aromatic rings. The molecule has 19 heavy (non-hydrogen) atoms. The van der Waals surface area contributed by atoms with Gasteiger partial charge in [-0.25, -0.2) is 0 Å². The van der Waals surface area contributed by atoms with E-state index in [4.69, 9.17) is 10.5 Å². The highest BCUT2D eigenvalue weighted by molar-refractivity contribution is 5.85. The van der Waals surface area contributed by atoms with Crippen LogP contribution in [0.4, 0.5) is 0 Å². The minimum absolute atomic E-state index is 0.0484. The lowest BCUT2D eigenvalue weighted by Gasteiger charge is -2.30. The van der Waals surface area contributed by atoms with Gasteiger partial charge in [0.1, 0.15) is 18.3 Å². The molecule has 1 saturated carbocycles. The van der Waals surface area contributed by atoms with Crippen LogP contribution in [0.5, 0.6) is 5.75 Å². The Morgan fingerprint density at radius 2 is 2.05 bits per heavy atom. The van der Waals surface area contributed by atoms with E-state index in [9.17, 15) is 4.79 Å². The minimum Gasteiger partial charge on any atom is -0.492 e. The van der Waals surface area contributed by atoms with Crippen molar-refractivity contribution in [3.05, 3.63) is 29.8 Å². The van der Waals surface area contributed by atoms with Crippen LogP contribution in [-0.4, -0.2) is 24.6 Å². The van der Waals surface area contributed by atoms with Crippen LogP contribution in [0, 0.1) is 0 Å². The first-order chi connectivity index (χ1) is 9.25. The molecule has 4 heteroatoms. The van der Waals surface area contributed by atoms with Gasteiger partial charge >= 0.3 is 0 Å². The molecule has 3 atom stereocenters. The largest absolute Gasteiger partial charge is 0.492 e. The molecule has 102 valence electrons. The molecule has 1 fully saturated rings. The lowest BCUT2D eigenvalue weighted by Crippen LogP contribution is -2.50. The van der Waals surface area contributed by atoms with Gasteiger partial charge in [0, 0.05) is 17.6 Å². The van der Waals surface area contributed by atoms with Crippen LogP contribution >= 0.6 is 0 Å². The third-order valence-electron chi connectivity index (χ3n) is 4.16. The quantitative estimate of drug-likeness (QED) is 0.848. The Hall–Kier alpha value is -1.55. The number of hydrogen-bond acceptors (Lipinski definition) is 3. The van der Waals surface area contributed by atoms with Gasteiger partial charge < -0.3 is 15.8 Å². The van der Waals surface area contributed by atoms with Gasteiger partial charge in [-0.3, -0.25) is 4.79 Å². The maximum Gasteiger partial charge on any atom is 0.231 e. The highest BCUT2D eigenvalue weighted by Crippen LogP contribution is 2.33. The second kappa shape index (κ2) is 5.21. The summed E-state index contributed by atoms with van der Waals surface area (Å²) in [5, 5.41) is 3.11. The zero-order chi connectivity index (χ0) is 13.2. The molecule has 1 amide bonds. The molecule has 0 bridgehead atoms. The second-order valence-electron chi connectivity index (χ2n) is 5.46. The number of hydrogen-bond donors (Lipinski definition) is 2. The fourth-order valence-electron chi connectivity index (χ4n) is 3.00. The summed E-state index contributed by atoms with van der Waals surface area (Å²) < 4.78 is 5.56. The number of carbonyl (C=O) groups is 1. The molecule has 3 N–H and O–H groups in total. The number of amides is 1. The van der Waals surface area contributed by atoms with Crippen LogP contribution in [-0.2, 0) is 4.79 Å². The summed E-state index contributed by atoms with van der Waals surface area (Å²) in [4.78, 5) is 12.4. The molecule has 2 aliphatic rings. The number of carbonyl (C=O) groups excluding carboxylic acids is 1. The molecule has 0 radical (unpaired) electrons. The zero-order valence-corrected chi connectivity index (χ0v) is 11.0. The fraction of sp³-hybridized carbons (Fsp3) is 0.533. The van der Waals surface area contributed by atoms with Crippen LogP contribution in [0.25, 0.3) is 0 Å². The maximum absolute atomic E-state index is 12.4. The third kappa shape index (κ3) is 2.45. The average molecular weight is 260 g/mol. The summed E-state index contributed by atoms with van der Waals surface area (Å²) >= 11 is 0. The van der Waals surface area contributed by atoms with Crippen LogP contribution in [0.1, 0.15) is 37.2 Å². The minimum atomic E-state index is -0.190. The number of ether oxygens (including phenoxy) is 1. The molecule has 1 aromatic carbocycles. The van der Waals surface area contributed by atoms with Crippen LogP contribution in [0.2, 0.25) is 0 Å². The van der Waals surface area contributed by atoms with Gasteiger partial charge in [-0.05, 0) is 18.9 Å². The Labute approximate surface area is 113 Å². The molecule has 1 unspecified atom stereocenters. The van der Waals surface area contributed by atoms with E-state index in [1.165, 1.54) is 6.42 Å². The summed E-state index contributed by atoms with van der Waals surface area (Å²) in [6.07, 6.45) is 4.31. The highest BCUT2D eigenvalue weighted by Gasteiger charge is 2.32. The topological polar surface area (TPSA) is 64.3 Å². The first-order valence-corrected chi connectivity index (χ1v) is 7.03. The first-order valence-electron chi connectivity index (χ1n) is 7.03. The predicted octanol–water partition coefficient (Wildman–Crippen LogP) is 1.55. The first kappa shape index (κ1) is 12.5. The van der Waals surface area contributed by atoms with E-state index in [-0.39, 0.29) is 23.9 Å². The lowest BCUT2D eigenvalue weighted by atomic mass is 9.90. The standard InChI is InChI=1S/C15H20N2O2/c16-12-6-2-3-7-13(12)17-15(18)11-9-19-14-8-4-1-5-10(11)14/h1,4-5,8,11-13H,2-3,6-7,9,16H2,(H,17,18)/t11?,12-,13-/m1/s1. The number of benzene rings is 1. The van der Waals surface area contributed by atoms with Crippen molar-refractivity contribution in [1.29, 1.82) is 0 Å². The molecule has 4 nitrogen and oxygen atoms in total. The van der Waals surface area contributed by atoms with Crippen LogP contribution in [0.3, 0.4) is 0 Å². The van der Waals surface area contributed by atoms with Crippen LogP contribution in [0.15, 0.2) is 24.3 Å². The highest BCUT2D eigenvalue weighted by atomic mass is 16.5. The van der Waals surface area contributed by atoms with Gasteiger partial charge in [0.15, 0.2) is 0 Å². The SMILES string of the molecule is N[C@@H]1CCCC[C@H]1NC(=O)C1COc2ccccc21. The molecule has 0 spiro atoms. The Kier molecular flexibility index (Phi) is 3.42. The zero-order valence-electron chi connectivity index (χ0n) is 11.0. The molecule has 1 aliphatic carbocycles. The van der Waals surface area contributed by atoms with Crippen molar-refractivity contribution in [1.82, 2.24) is 5.32 Å². The van der Waals surface area contributed by atoms with Crippen molar-refractivity contribution in [2.45, 2.75) is 43.7 Å². The Balaban J connectivity index is 1.68. The predicted molar refractivity (Wildman–Crippen MR) is 73.1 cm³/mol. The van der Waals surface area contributed by atoms with E-state index < -0.39 is 0 Å². The fourth-order valence-corrected chi connectivity index (χ4v) is 3.00. The van der Waals surface area contributed by atoms with E-state index in [2.05, 4.69) is 5.32 Å². The Morgan fingerprint density at radius 3 is 2.89 bits per heavy atom. The number of para-hydroxylation sites is 1. The normalized spacial score (nSPS) is 29.4. The summed E-state index contributed by atoms with van der Waals surface area (Å²) in [6.45, 7) is 0.438. The second-order valence-corrected chi connectivity index (χ2v) is 5.46. The average Bonchev–Trinajstić information content (AvgIpc) is 2.85. The van der Waals surface area contributed by atoms with E-state index in [0.717, 1.165) is 30.6 Å². The van der Waals surface area contributed by atoms with Gasteiger partial charge in [-0.1, -0.05) is 31.0 Å². The van der Waals surface area contributed by atoms with Gasteiger partial charge in [0.2, 0.25) is 5.91 Å². The van der Waals surface area contributed by atoms with Crippen LogP contribution < -0.4 is 15.8 Å². The van der Waals surface area contributed by atoms with Crippen molar-refractivity contribution in [3.8, 4) is 5.75 Å². The van der Waals surface area contributed by atoms with E-state index in [1.807, 2.05) is 24.3 Å². The van der Waals surface area contributed by atoms with Crippen molar-refractivity contribution < 1.29 is 9.53 Å². The smallest absolute Gasteiger partial charge is 0.231 e. The molecular weight excluding hydrogens is 240 g/mol. The number of rotatable bonds is 2. The Bertz CT molecular complexity index is 475. The summed E-state index contributed by atoms with van der Waals surface area (Å²) in [6, 6.07) is 7.96. The van der Waals surface area contributed by atoms with Crippen molar-refractivity contribution in [3.63, 3.8) is 0 Å². The summed E-state index contributed by atoms with van der Waals surface area (Å²) in [5.41, 5.74) is 7.06. The number of nitrogens with one attached hydrogen (secondary N) is 1. The maximum atomic E-state index is 12.4. The van der Waals surface area contributed by atoms with Gasteiger partial charge in [-0.2, -0.15) is 0 Å². The van der Waals surface area contributed by atoms with E-state index in [1.54, 1.807) is 0 Å². The van der Waals surface area contributed by atoms with E-state index in [0.29, 0.717) is 6.61 Å². The molecule has 1 aliphatic heterocycles. The van der Waals surface area contributed by atoms with Crippen molar-refractivity contribution >= 4 is 5.91 Å². The molecule has 0 saturated heterocycles. The number of fused-ring (bicyclic) bond motifs is 1. The molecule has 1 heterocycles. The van der Waals surface area contributed by atoms with E-state index >= 15 is 0 Å². The van der Waals surface area contributed by atoms with Gasteiger partial charge in [-0.15, -0.1) is 0 Å². The van der Waals surface area contributed by atoms with Gasteiger partial charge in [0.05, 0.1) is 0 Å². The molecular formula is C15H20N2O2. The molecule has 3 rings (SSSR count). The van der Waals surface area contributed by atoms with Crippen molar-refractivity contribution in [2.24, 2.45) is 5.73 Å². The lowest BCUT2D eigenvalue weighted by molar-refractivity contribution is -0.123. The van der Waals surface area contributed by atoms with Gasteiger partial charge in [0.25, 0.3) is 0 Å². The number of nitrogens with two attached hydrogens (primary N) is 1. The molecule has 0 aromatic heterocycles. The van der Waals surface area contributed by atoms with Crippen molar-refractivity contribution in [2.75, 3.05) is 6.61 Å². The monoisotopic (exact) mass is 260 g/mol. The Morgan fingerprint density at radius 1 is 1.26 bits per heavy atom. The summed E-state index contributed by atoms with van der Waals surface area (Å²) in [5.74, 6) is 0.688. The third-order valence-corrected chi connectivity index (χ3v) is 4.16. The summed E-state index contributed by atoms with van der Waals surface area (Å²) in [7, 11) is 0.